The normalized spacial score (nSPS) is 11.9. The third-order valence-electron chi connectivity index (χ3n) is 4.42. The fraction of sp³-hybridized carbons (Fsp3) is 0.200. The van der Waals surface area contributed by atoms with Crippen LogP contribution in [0.1, 0.15) is 5.56 Å². The Balaban J connectivity index is 1.89. The third kappa shape index (κ3) is 2.12. The van der Waals surface area contributed by atoms with Crippen LogP contribution in [0.5, 0.6) is 0 Å². The van der Waals surface area contributed by atoms with E-state index in [0.29, 0.717) is 0 Å². The summed E-state index contributed by atoms with van der Waals surface area (Å²) in [4.78, 5) is 0. The average Bonchev–Trinajstić information content (AvgIpc) is 2.57. The van der Waals surface area contributed by atoms with Gasteiger partial charge < -0.3 is 10.1 Å². The minimum atomic E-state index is 0.742. The van der Waals surface area contributed by atoms with Crippen LogP contribution in [0.2, 0.25) is 0 Å². The van der Waals surface area contributed by atoms with E-state index in [9.17, 15) is 0 Å². The lowest BCUT2D eigenvalue weighted by Crippen LogP contribution is -2.18. The maximum atomic E-state index is 5.10. The Kier molecular flexibility index (Phi) is 3.41. The van der Waals surface area contributed by atoms with Gasteiger partial charge in [0.15, 0.2) is 0 Å². The first kappa shape index (κ1) is 13.5. The van der Waals surface area contributed by atoms with E-state index >= 15 is 0 Å². The zero-order valence-electron chi connectivity index (χ0n) is 12.7. The Morgan fingerprint density at radius 3 is 2.27 bits per heavy atom. The molecule has 4 aromatic carbocycles. The van der Waals surface area contributed by atoms with E-state index in [1.807, 2.05) is 0 Å². The van der Waals surface area contributed by atoms with Crippen LogP contribution in [-0.4, -0.2) is 20.3 Å². The highest BCUT2D eigenvalue weighted by molar-refractivity contribution is 6.23. The van der Waals surface area contributed by atoms with Gasteiger partial charge in [-0.2, -0.15) is 0 Å². The molecule has 0 fully saturated rings. The number of hydrogen-bond donors (Lipinski definition) is 1. The molecule has 0 aromatic heterocycles. The van der Waals surface area contributed by atoms with Crippen molar-refractivity contribution in [3.63, 3.8) is 0 Å². The van der Waals surface area contributed by atoms with Gasteiger partial charge in [-0.05, 0) is 37.9 Å². The molecule has 110 valence electrons. The molecule has 0 saturated heterocycles. The van der Waals surface area contributed by atoms with E-state index in [-0.39, 0.29) is 0 Å². The van der Waals surface area contributed by atoms with Crippen LogP contribution in [0.3, 0.4) is 0 Å². The van der Waals surface area contributed by atoms with Gasteiger partial charge in [-0.15, -0.1) is 0 Å². The van der Waals surface area contributed by atoms with Gasteiger partial charge in [-0.3, -0.25) is 0 Å². The maximum absolute atomic E-state index is 5.10. The maximum Gasteiger partial charge on any atom is 0.0587 e. The third-order valence-corrected chi connectivity index (χ3v) is 4.42. The molecule has 0 aliphatic carbocycles. The largest absolute Gasteiger partial charge is 0.383 e. The van der Waals surface area contributed by atoms with E-state index in [2.05, 4.69) is 59.9 Å². The molecule has 4 rings (SSSR count). The number of nitrogens with one attached hydrogen (secondary N) is 1. The van der Waals surface area contributed by atoms with Crippen LogP contribution < -0.4 is 5.32 Å². The van der Waals surface area contributed by atoms with Crippen LogP contribution in [0.25, 0.3) is 32.3 Å². The van der Waals surface area contributed by atoms with Gasteiger partial charge in [0.2, 0.25) is 0 Å². The van der Waals surface area contributed by atoms with E-state index in [1.165, 1.54) is 37.9 Å². The number of hydrogen-bond acceptors (Lipinski definition) is 2. The van der Waals surface area contributed by atoms with E-state index < -0.39 is 0 Å². The van der Waals surface area contributed by atoms with Crippen LogP contribution in [0, 0.1) is 0 Å². The van der Waals surface area contributed by atoms with Gasteiger partial charge in [0.1, 0.15) is 0 Å². The summed E-state index contributed by atoms with van der Waals surface area (Å²) in [6.45, 7) is 2.49. The summed E-state index contributed by atoms with van der Waals surface area (Å²) in [6, 6.07) is 20.0. The van der Waals surface area contributed by atoms with Crippen molar-refractivity contribution < 1.29 is 4.74 Å². The van der Waals surface area contributed by atoms with Crippen molar-refractivity contribution in [3.05, 3.63) is 60.2 Å². The highest BCUT2D eigenvalue weighted by Crippen LogP contribution is 2.35. The lowest BCUT2D eigenvalue weighted by Gasteiger charge is -2.14. The summed E-state index contributed by atoms with van der Waals surface area (Å²) in [5.41, 5.74) is 1.35. The van der Waals surface area contributed by atoms with Crippen molar-refractivity contribution in [2.24, 2.45) is 0 Å². The van der Waals surface area contributed by atoms with Crippen LogP contribution >= 0.6 is 0 Å². The molecule has 22 heavy (non-hydrogen) atoms. The molecule has 0 radical (unpaired) electrons. The fourth-order valence-electron chi connectivity index (χ4n) is 3.35. The van der Waals surface area contributed by atoms with Crippen molar-refractivity contribution in [3.8, 4) is 0 Å². The molecule has 0 amide bonds. The predicted molar refractivity (Wildman–Crippen MR) is 93.7 cm³/mol. The molecule has 0 heterocycles. The van der Waals surface area contributed by atoms with Gasteiger partial charge in [-0.25, -0.2) is 0 Å². The molecule has 1 N–H and O–H groups in total. The first-order chi connectivity index (χ1) is 10.9. The summed E-state index contributed by atoms with van der Waals surface area (Å²) in [6.07, 6.45) is 0. The van der Waals surface area contributed by atoms with Crippen LogP contribution in [-0.2, 0) is 11.3 Å². The summed E-state index contributed by atoms with van der Waals surface area (Å²) in [7, 11) is 1.73. The number of methoxy groups -OCH3 is 1. The summed E-state index contributed by atoms with van der Waals surface area (Å²) >= 11 is 0. The Morgan fingerprint density at radius 1 is 0.818 bits per heavy atom. The lowest BCUT2D eigenvalue weighted by atomic mass is 9.92. The molecule has 0 aliphatic heterocycles. The first-order valence-electron chi connectivity index (χ1n) is 7.73. The monoisotopic (exact) mass is 289 g/mol. The van der Waals surface area contributed by atoms with Gasteiger partial charge >= 0.3 is 0 Å². The standard InChI is InChI=1S/C20H19NO/c1-22-12-11-21-13-17-8-7-16-6-5-14-3-2-4-15-9-10-18(17)20(16)19(14)15/h2-10,21H,11-13H2,1H3. The number of ether oxygens (including phenoxy) is 1. The smallest absolute Gasteiger partial charge is 0.0587 e. The van der Waals surface area contributed by atoms with Crippen molar-refractivity contribution >= 4 is 32.3 Å². The van der Waals surface area contributed by atoms with Crippen LogP contribution in [0.15, 0.2) is 54.6 Å². The quantitative estimate of drug-likeness (QED) is 0.436. The second kappa shape index (κ2) is 5.56. The number of rotatable bonds is 5. The molecule has 0 atom stereocenters. The SMILES string of the molecule is COCCNCc1ccc2ccc3cccc4ccc1c2c34. The van der Waals surface area contributed by atoms with Crippen molar-refractivity contribution in [1.29, 1.82) is 0 Å². The van der Waals surface area contributed by atoms with Gasteiger partial charge in [-0.1, -0.05) is 54.6 Å². The molecule has 2 nitrogen and oxygen atoms in total. The molecular formula is C20H19NO. The highest BCUT2D eigenvalue weighted by atomic mass is 16.5. The van der Waals surface area contributed by atoms with Gasteiger partial charge in [0, 0.05) is 20.2 Å². The second-order valence-corrected chi connectivity index (χ2v) is 5.75. The zero-order chi connectivity index (χ0) is 14.9. The molecular weight excluding hydrogens is 270 g/mol. The molecule has 4 aromatic rings. The molecule has 0 unspecified atom stereocenters. The predicted octanol–water partition coefficient (Wildman–Crippen LogP) is 4.32. The minimum absolute atomic E-state index is 0.742. The van der Waals surface area contributed by atoms with E-state index in [1.54, 1.807) is 7.11 Å². The minimum Gasteiger partial charge on any atom is -0.383 e. The highest BCUT2D eigenvalue weighted by Gasteiger charge is 2.10. The average molecular weight is 289 g/mol. The van der Waals surface area contributed by atoms with Gasteiger partial charge in [0.05, 0.1) is 6.61 Å². The molecule has 2 heteroatoms. The Bertz CT molecular complexity index is 913. The second-order valence-electron chi connectivity index (χ2n) is 5.75. The summed E-state index contributed by atoms with van der Waals surface area (Å²) in [5, 5.41) is 11.5. The van der Waals surface area contributed by atoms with Crippen molar-refractivity contribution in [2.75, 3.05) is 20.3 Å². The summed E-state index contributed by atoms with van der Waals surface area (Å²) in [5.74, 6) is 0. The Labute approximate surface area is 130 Å². The lowest BCUT2D eigenvalue weighted by molar-refractivity contribution is 0.199. The van der Waals surface area contributed by atoms with E-state index in [0.717, 1.165) is 19.7 Å². The zero-order valence-corrected chi connectivity index (χ0v) is 12.7. The molecule has 0 bridgehead atoms. The Hall–Kier alpha value is -2.16. The van der Waals surface area contributed by atoms with Crippen molar-refractivity contribution in [2.45, 2.75) is 6.54 Å². The van der Waals surface area contributed by atoms with Crippen LogP contribution in [0.4, 0.5) is 0 Å². The van der Waals surface area contributed by atoms with Crippen molar-refractivity contribution in [1.82, 2.24) is 5.32 Å². The molecule has 0 saturated carbocycles. The fourth-order valence-corrected chi connectivity index (χ4v) is 3.35. The molecule has 0 spiro atoms. The topological polar surface area (TPSA) is 21.3 Å². The van der Waals surface area contributed by atoms with Gasteiger partial charge in [0.25, 0.3) is 0 Å². The summed E-state index contributed by atoms with van der Waals surface area (Å²) < 4.78 is 5.10. The molecule has 0 aliphatic rings. The number of benzene rings is 4. The first-order valence-corrected chi connectivity index (χ1v) is 7.73. The Morgan fingerprint density at radius 2 is 1.50 bits per heavy atom. The van der Waals surface area contributed by atoms with E-state index in [4.69, 9.17) is 4.74 Å².